The van der Waals surface area contributed by atoms with Crippen LogP contribution in [0, 0.1) is 5.82 Å². The fraction of sp³-hybridized carbons (Fsp3) is 0.611. The molecule has 0 atom stereocenters. The molecule has 0 aliphatic carbocycles. The van der Waals surface area contributed by atoms with Crippen molar-refractivity contribution < 1.29 is 22.4 Å². The Bertz CT molecular complexity index is 599. The molecule has 0 saturated carbocycles. The van der Waals surface area contributed by atoms with Crippen LogP contribution in [0.5, 0.6) is 0 Å². The summed E-state index contributed by atoms with van der Waals surface area (Å²) >= 11 is 0. The van der Waals surface area contributed by atoms with Crippen LogP contribution in [0.4, 0.5) is 22.4 Å². The van der Waals surface area contributed by atoms with E-state index in [1.165, 1.54) is 30.6 Å². The van der Waals surface area contributed by atoms with Crippen LogP contribution in [-0.2, 0) is 12.7 Å². The van der Waals surface area contributed by atoms with Crippen molar-refractivity contribution in [1.82, 2.24) is 15.1 Å². The van der Waals surface area contributed by atoms with E-state index in [-0.39, 0.29) is 18.1 Å². The SMILES string of the molecule is CN(CCN1CCCCCC1)C(=O)NCc1ccc(C(F)(F)F)cc1F. The van der Waals surface area contributed by atoms with Crippen molar-refractivity contribution in [2.45, 2.75) is 38.4 Å². The van der Waals surface area contributed by atoms with Gasteiger partial charge in [-0.1, -0.05) is 18.9 Å². The van der Waals surface area contributed by atoms with E-state index in [0.717, 1.165) is 31.8 Å². The number of carbonyl (C=O) groups is 1. The lowest BCUT2D eigenvalue weighted by Gasteiger charge is -2.24. The number of rotatable bonds is 5. The summed E-state index contributed by atoms with van der Waals surface area (Å²) in [4.78, 5) is 15.9. The molecule has 2 amide bonds. The number of likely N-dealkylation sites (N-methyl/N-ethyl adjacent to an activating group) is 1. The number of likely N-dealkylation sites (tertiary alicyclic amines) is 1. The largest absolute Gasteiger partial charge is 0.416 e. The van der Waals surface area contributed by atoms with Gasteiger partial charge in [-0.15, -0.1) is 0 Å². The maximum atomic E-state index is 13.8. The molecule has 1 aliphatic heterocycles. The van der Waals surface area contributed by atoms with Crippen LogP contribution in [-0.4, -0.2) is 49.1 Å². The van der Waals surface area contributed by atoms with Crippen molar-refractivity contribution in [3.8, 4) is 0 Å². The highest BCUT2D eigenvalue weighted by molar-refractivity contribution is 5.73. The van der Waals surface area contributed by atoms with Crippen molar-refractivity contribution in [3.05, 3.63) is 35.1 Å². The number of amides is 2. The Labute approximate surface area is 151 Å². The zero-order valence-corrected chi connectivity index (χ0v) is 14.9. The van der Waals surface area contributed by atoms with Gasteiger partial charge in [0.15, 0.2) is 0 Å². The molecule has 1 heterocycles. The van der Waals surface area contributed by atoms with Gasteiger partial charge < -0.3 is 15.1 Å². The Morgan fingerprint density at radius 3 is 2.42 bits per heavy atom. The molecule has 4 nitrogen and oxygen atoms in total. The summed E-state index contributed by atoms with van der Waals surface area (Å²) in [6.07, 6.45) is 0.236. The Kier molecular flexibility index (Phi) is 7.25. The maximum absolute atomic E-state index is 13.8. The summed E-state index contributed by atoms with van der Waals surface area (Å²) in [7, 11) is 1.65. The fourth-order valence-corrected chi connectivity index (χ4v) is 2.93. The smallest absolute Gasteiger partial charge is 0.334 e. The number of hydrogen-bond acceptors (Lipinski definition) is 2. The first-order chi connectivity index (χ1) is 12.3. The Hall–Kier alpha value is -1.83. The second-order valence-corrected chi connectivity index (χ2v) is 6.64. The Morgan fingerprint density at radius 2 is 1.85 bits per heavy atom. The van der Waals surface area contributed by atoms with Gasteiger partial charge in [-0.05, 0) is 38.1 Å². The molecule has 0 unspecified atom stereocenters. The predicted molar refractivity (Wildman–Crippen MR) is 91.2 cm³/mol. The monoisotopic (exact) mass is 375 g/mol. The summed E-state index contributed by atoms with van der Waals surface area (Å²) in [6.45, 7) is 3.23. The molecule has 0 aromatic heterocycles. The van der Waals surface area contributed by atoms with Gasteiger partial charge >= 0.3 is 12.2 Å². The van der Waals surface area contributed by atoms with E-state index in [4.69, 9.17) is 0 Å². The number of halogens is 4. The number of hydrogen-bond donors (Lipinski definition) is 1. The van der Waals surface area contributed by atoms with Crippen molar-refractivity contribution in [2.75, 3.05) is 33.2 Å². The standard InChI is InChI=1S/C18H25F4N3O/c1-24(10-11-25-8-4-2-3-5-9-25)17(26)23-13-14-6-7-15(12-16(14)19)18(20,21)22/h6-7,12H,2-5,8-11,13H2,1H3,(H,23,26). The van der Waals surface area contributed by atoms with Crippen molar-refractivity contribution >= 4 is 6.03 Å². The van der Waals surface area contributed by atoms with E-state index < -0.39 is 17.6 Å². The highest BCUT2D eigenvalue weighted by atomic mass is 19.4. The predicted octanol–water partition coefficient (Wildman–Crippen LogP) is 3.86. The van der Waals surface area contributed by atoms with Crippen molar-refractivity contribution in [3.63, 3.8) is 0 Å². The molecule has 1 aliphatic rings. The first-order valence-electron chi connectivity index (χ1n) is 8.84. The van der Waals surface area contributed by atoms with Gasteiger partial charge in [-0.25, -0.2) is 9.18 Å². The number of carbonyl (C=O) groups excluding carboxylic acids is 1. The molecule has 8 heteroatoms. The number of nitrogens with one attached hydrogen (secondary N) is 1. The molecule has 2 rings (SSSR count). The fourth-order valence-electron chi connectivity index (χ4n) is 2.93. The maximum Gasteiger partial charge on any atom is 0.416 e. The lowest BCUT2D eigenvalue weighted by Crippen LogP contribution is -2.41. The molecule has 1 fully saturated rings. The molecule has 0 spiro atoms. The molecule has 1 saturated heterocycles. The summed E-state index contributed by atoms with van der Waals surface area (Å²) in [5, 5.41) is 2.55. The van der Waals surface area contributed by atoms with Gasteiger partial charge in [0.25, 0.3) is 0 Å². The molecule has 1 N–H and O–H groups in total. The van der Waals surface area contributed by atoms with Crippen molar-refractivity contribution in [2.24, 2.45) is 0 Å². The third-order valence-electron chi connectivity index (χ3n) is 4.61. The minimum atomic E-state index is -4.59. The van der Waals surface area contributed by atoms with E-state index in [9.17, 15) is 22.4 Å². The number of urea groups is 1. The highest BCUT2D eigenvalue weighted by Gasteiger charge is 2.31. The van der Waals surface area contributed by atoms with Crippen LogP contribution in [0.3, 0.4) is 0 Å². The second-order valence-electron chi connectivity index (χ2n) is 6.64. The normalized spacial score (nSPS) is 16.2. The van der Waals surface area contributed by atoms with E-state index in [1.807, 2.05) is 0 Å². The topological polar surface area (TPSA) is 35.6 Å². The average Bonchev–Trinajstić information content (AvgIpc) is 2.86. The molecular formula is C18H25F4N3O. The van der Waals surface area contributed by atoms with Crippen LogP contribution in [0.2, 0.25) is 0 Å². The third-order valence-corrected chi connectivity index (χ3v) is 4.61. The summed E-state index contributed by atoms with van der Waals surface area (Å²) in [5.74, 6) is -0.979. The van der Waals surface area contributed by atoms with Gasteiger partial charge in [0.1, 0.15) is 5.82 Å². The van der Waals surface area contributed by atoms with Crippen molar-refractivity contribution in [1.29, 1.82) is 0 Å². The van der Waals surface area contributed by atoms with Gasteiger partial charge in [0, 0.05) is 32.2 Å². The first-order valence-corrected chi connectivity index (χ1v) is 8.84. The van der Waals surface area contributed by atoms with Crippen LogP contribution in [0.15, 0.2) is 18.2 Å². The van der Waals surface area contributed by atoms with Gasteiger partial charge in [-0.2, -0.15) is 13.2 Å². The number of benzene rings is 1. The zero-order chi connectivity index (χ0) is 19.2. The molecule has 1 aromatic rings. The average molecular weight is 375 g/mol. The summed E-state index contributed by atoms with van der Waals surface area (Å²) in [5.41, 5.74) is -1.02. The highest BCUT2D eigenvalue weighted by Crippen LogP contribution is 2.30. The Balaban J connectivity index is 1.80. The van der Waals surface area contributed by atoms with E-state index in [2.05, 4.69) is 10.2 Å². The number of nitrogens with zero attached hydrogens (tertiary/aromatic N) is 2. The molecule has 146 valence electrons. The third kappa shape index (κ3) is 6.16. The van der Waals surface area contributed by atoms with Crippen LogP contribution in [0.1, 0.15) is 36.8 Å². The van der Waals surface area contributed by atoms with Gasteiger partial charge in [-0.3, -0.25) is 0 Å². The molecular weight excluding hydrogens is 350 g/mol. The van der Waals surface area contributed by atoms with Crippen LogP contribution in [0.25, 0.3) is 0 Å². The Morgan fingerprint density at radius 1 is 1.19 bits per heavy atom. The first kappa shape index (κ1) is 20.5. The number of alkyl halides is 3. The summed E-state index contributed by atoms with van der Waals surface area (Å²) < 4.78 is 51.4. The van der Waals surface area contributed by atoms with E-state index in [1.54, 1.807) is 7.05 Å². The van der Waals surface area contributed by atoms with Gasteiger partial charge in [0.2, 0.25) is 0 Å². The van der Waals surface area contributed by atoms with E-state index in [0.29, 0.717) is 12.6 Å². The van der Waals surface area contributed by atoms with Crippen LogP contribution >= 0.6 is 0 Å². The molecule has 26 heavy (non-hydrogen) atoms. The molecule has 1 aromatic carbocycles. The minimum Gasteiger partial charge on any atom is -0.334 e. The zero-order valence-electron chi connectivity index (χ0n) is 14.9. The second kappa shape index (κ2) is 9.21. The van der Waals surface area contributed by atoms with Crippen LogP contribution < -0.4 is 5.32 Å². The lowest BCUT2D eigenvalue weighted by molar-refractivity contribution is -0.137. The summed E-state index contributed by atoms with van der Waals surface area (Å²) in [6, 6.07) is 1.94. The quantitative estimate of drug-likeness (QED) is 0.794. The lowest BCUT2D eigenvalue weighted by atomic mass is 10.1. The van der Waals surface area contributed by atoms with Gasteiger partial charge in [0.05, 0.1) is 5.56 Å². The minimum absolute atomic E-state index is 0.0206. The van der Waals surface area contributed by atoms with E-state index >= 15 is 0 Å². The molecule has 0 radical (unpaired) electrons. The molecule has 0 bridgehead atoms.